The van der Waals surface area contributed by atoms with Gasteiger partial charge in [0, 0.05) is 18.0 Å². The Bertz CT molecular complexity index is 574. The normalized spacial score (nSPS) is 12.8. The van der Waals surface area contributed by atoms with E-state index < -0.39 is 12.0 Å². The molecule has 5 nitrogen and oxygen atoms in total. The molecule has 4 N–H and O–H groups in total. The third kappa shape index (κ3) is 1.97. The molecule has 0 radical (unpaired) electrons. The Hall–Kier alpha value is -2.01. The van der Waals surface area contributed by atoms with Crippen LogP contribution in [-0.4, -0.2) is 27.1 Å². The maximum Gasteiger partial charge on any atom is 0.320 e. The Morgan fingerprint density at radius 2 is 2.24 bits per heavy atom. The summed E-state index contributed by atoms with van der Waals surface area (Å²) in [4.78, 5) is 10.7. The molecule has 1 heterocycles. The van der Waals surface area contributed by atoms with E-state index in [1.165, 1.54) is 6.20 Å². The summed E-state index contributed by atoms with van der Waals surface area (Å²) in [6.07, 6.45) is 1.71. The Morgan fingerprint density at radius 3 is 2.88 bits per heavy atom. The monoisotopic (exact) mass is 234 g/mol. The molecule has 0 amide bonds. The molecule has 2 aromatic rings. The van der Waals surface area contributed by atoms with Crippen molar-refractivity contribution in [2.75, 3.05) is 0 Å². The van der Waals surface area contributed by atoms with E-state index in [0.717, 1.165) is 21.2 Å². The van der Waals surface area contributed by atoms with E-state index in [4.69, 9.17) is 10.8 Å². The summed E-state index contributed by atoms with van der Waals surface area (Å²) in [5, 5.41) is 19.4. The number of rotatable bonds is 3. The van der Waals surface area contributed by atoms with Crippen LogP contribution in [0.4, 0.5) is 0 Å². The van der Waals surface area contributed by atoms with E-state index in [1.54, 1.807) is 0 Å². The lowest BCUT2D eigenvalue weighted by atomic mass is 10.0. The number of carboxylic acid groups (broad SMARTS) is 1. The molecular formula is C12H14N2O3. The lowest BCUT2D eigenvalue weighted by Gasteiger charge is -2.04. The number of nitrogens with two attached hydrogens (primary N) is 1. The van der Waals surface area contributed by atoms with Crippen LogP contribution in [0.2, 0.25) is 0 Å². The molecule has 0 aliphatic heterocycles. The first-order valence-electron chi connectivity index (χ1n) is 5.28. The molecule has 0 spiro atoms. The SMILES string of the molecule is Cc1cccc2c(CC(N)C(=O)O)cn(O)c12. The summed E-state index contributed by atoms with van der Waals surface area (Å²) in [5.41, 5.74) is 7.86. The molecule has 1 atom stereocenters. The van der Waals surface area contributed by atoms with Gasteiger partial charge in [0.05, 0.1) is 5.52 Å². The van der Waals surface area contributed by atoms with E-state index in [9.17, 15) is 10.0 Å². The minimum Gasteiger partial charge on any atom is -0.480 e. The predicted molar refractivity (Wildman–Crippen MR) is 63.2 cm³/mol. The van der Waals surface area contributed by atoms with Crippen LogP contribution in [-0.2, 0) is 11.2 Å². The van der Waals surface area contributed by atoms with Gasteiger partial charge in [-0.3, -0.25) is 4.79 Å². The fourth-order valence-electron chi connectivity index (χ4n) is 1.99. The lowest BCUT2D eigenvalue weighted by Crippen LogP contribution is -2.32. The van der Waals surface area contributed by atoms with E-state index >= 15 is 0 Å². The van der Waals surface area contributed by atoms with Gasteiger partial charge in [-0.05, 0) is 18.1 Å². The van der Waals surface area contributed by atoms with E-state index in [0.29, 0.717) is 5.52 Å². The summed E-state index contributed by atoms with van der Waals surface area (Å²) in [6.45, 7) is 1.88. The molecule has 0 aliphatic carbocycles. The molecule has 17 heavy (non-hydrogen) atoms. The third-order valence-electron chi connectivity index (χ3n) is 2.85. The highest BCUT2D eigenvalue weighted by Crippen LogP contribution is 2.24. The number of aromatic nitrogens is 1. The number of hydrogen-bond donors (Lipinski definition) is 3. The average molecular weight is 234 g/mol. The maximum absolute atomic E-state index is 10.7. The van der Waals surface area contributed by atoms with Crippen molar-refractivity contribution in [1.29, 1.82) is 0 Å². The van der Waals surface area contributed by atoms with E-state index in [2.05, 4.69) is 0 Å². The summed E-state index contributed by atoms with van der Waals surface area (Å²) in [7, 11) is 0. The second-order valence-corrected chi connectivity index (χ2v) is 4.12. The van der Waals surface area contributed by atoms with Gasteiger partial charge < -0.3 is 16.0 Å². The number of benzene rings is 1. The average Bonchev–Trinajstić information content (AvgIpc) is 2.57. The van der Waals surface area contributed by atoms with Gasteiger partial charge in [-0.15, -0.1) is 0 Å². The summed E-state index contributed by atoms with van der Waals surface area (Å²) >= 11 is 0. The molecule has 0 saturated carbocycles. The smallest absolute Gasteiger partial charge is 0.320 e. The lowest BCUT2D eigenvalue weighted by molar-refractivity contribution is -0.138. The Kier molecular flexibility index (Phi) is 2.77. The Morgan fingerprint density at radius 1 is 1.53 bits per heavy atom. The highest BCUT2D eigenvalue weighted by Gasteiger charge is 2.16. The molecule has 0 fully saturated rings. The van der Waals surface area contributed by atoms with Gasteiger partial charge in [0.15, 0.2) is 0 Å². The van der Waals surface area contributed by atoms with Crippen molar-refractivity contribution in [1.82, 2.24) is 4.73 Å². The first-order chi connectivity index (χ1) is 8.00. The van der Waals surface area contributed by atoms with Gasteiger partial charge in [-0.25, -0.2) is 0 Å². The molecule has 1 aromatic heterocycles. The van der Waals surface area contributed by atoms with Crippen molar-refractivity contribution in [3.8, 4) is 0 Å². The predicted octanol–water partition coefficient (Wildman–Crippen LogP) is 1.14. The number of hydrogen-bond acceptors (Lipinski definition) is 3. The molecule has 0 aliphatic rings. The van der Waals surface area contributed by atoms with Gasteiger partial charge in [0.1, 0.15) is 6.04 Å². The van der Waals surface area contributed by atoms with Gasteiger partial charge in [0.2, 0.25) is 0 Å². The van der Waals surface area contributed by atoms with Crippen molar-refractivity contribution in [2.24, 2.45) is 5.73 Å². The first kappa shape index (κ1) is 11.5. The van der Waals surface area contributed by atoms with Crippen molar-refractivity contribution in [2.45, 2.75) is 19.4 Å². The largest absolute Gasteiger partial charge is 0.480 e. The van der Waals surface area contributed by atoms with E-state index in [1.807, 2.05) is 25.1 Å². The molecular weight excluding hydrogens is 220 g/mol. The maximum atomic E-state index is 10.7. The highest BCUT2D eigenvalue weighted by molar-refractivity contribution is 5.87. The summed E-state index contributed by atoms with van der Waals surface area (Å²) in [5.74, 6) is -1.04. The van der Waals surface area contributed by atoms with Crippen molar-refractivity contribution in [3.63, 3.8) is 0 Å². The van der Waals surface area contributed by atoms with E-state index in [-0.39, 0.29) is 6.42 Å². The fraction of sp³-hybridized carbons (Fsp3) is 0.250. The Labute approximate surface area is 98.0 Å². The zero-order valence-electron chi connectivity index (χ0n) is 9.42. The van der Waals surface area contributed by atoms with Gasteiger partial charge in [-0.2, -0.15) is 4.73 Å². The van der Waals surface area contributed by atoms with Crippen molar-refractivity contribution < 1.29 is 15.1 Å². The second kappa shape index (κ2) is 4.10. The number of carboxylic acids is 1. The highest BCUT2D eigenvalue weighted by atomic mass is 16.5. The first-order valence-corrected chi connectivity index (χ1v) is 5.28. The topological polar surface area (TPSA) is 88.5 Å². The number of aliphatic carboxylic acids is 1. The van der Waals surface area contributed by atoms with Crippen LogP contribution < -0.4 is 5.73 Å². The number of carbonyl (C=O) groups is 1. The van der Waals surface area contributed by atoms with Crippen LogP contribution in [0.25, 0.3) is 10.9 Å². The van der Waals surface area contributed by atoms with Gasteiger partial charge in [-0.1, -0.05) is 18.2 Å². The fourth-order valence-corrected chi connectivity index (χ4v) is 1.99. The van der Waals surface area contributed by atoms with Crippen molar-refractivity contribution >= 4 is 16.9 Å². The number of aryl methyl sites for hydroxylation is 1. The molecule has 0 saturated heterocycles. The van der Waals surface area contributed by atoms with Crippen LogP contribution in [0.15, 0.2) is 24.4 Å². The standard InChI is InChI=1S/C12H14N2O3/c1-7-3-2-4-9-8(5-10(13)12(15)16)6-14(17)11(7)9/h2-4,6,10,17H,5,13H2,1H3,(H,15,16). The zero-order chi connectivity index (χ0) is 12.6. The molecule has 90 valence electrons. The van der Waals surface area contributed by atoms with Crippen LogP contribution in [0.3, 0.4) is 0 Å². The van der Waals surface area contributed by atoms with Crippen LogP contribution >= 0.6 is 0 Å². The molecule has 1 unspecified atom stereocenters. The molecule has 1 aromatic carbocycles. The number of fused-ring (bicyclic) bond motifs is 1. The molecule has 5 heteroatoms. The molecule has 2 rings (SSSR count). The van der Waals surface area contributed by atoms with Crippen LogP contribution in [0, 0.1) is 6.92 Å². The molecule has 0 bridgehead atoms. The zero-order valence-corrected chi connectivity index (χ0v) is 9.42. The number of para-hydroxylation sites is 1. The van der Waals surface area contributed by atoms with Crippen LogP contribution in [0.5, 0.6) is 0 Å². The minimum atomic E-state index is -1.04. The number of nitrogens with zero attached hydrogens (tertiary/aromatic N) is 1. The Balaban J connectivity index is 2.49. The second-order valence-electron chi connectivity index (χ2n) is 4.12. The van der Waals surface area contributed by atoms with Gasteiger partial charge in [0.25, 0.3) is 0 Å². The van der Waals surface area contributed by atoms with Crippen LogP contribution in [0.1, 0.15) is 11.1 Å². The van der Waals surface area contributed by atoms with Crippen molar-refractivity contribution in [3.05, 3.63) is 35.5 Å². The summed E-state index contributed by atoms with van der Waals surface area (Å²) in [6, 6.07) is 4.64. The minimum absolute atomic E-state index is 0.197. The van der Waals surface area contributed by atoms with Gasteiger partial charge >= 0.3 is 5.97 Å². The third-order valence-corrected chi connectivity index (χ3v) is 2.85. The quantitative estimate of drug-likeness (QED) is 0.695. The summed E-state index contributed by atoms with van der Waals surface area (Å²) < 4.78 is 1.02.